The third kappa shape index (κ3) is 5.77. The van der Waals surface area contributed by atoms with E-state index in [1.54, 1.807) is 0 Å². The lowest BCUT2D eigenvalue weighted by Crippen LogP contribution is -2.12. The Labute approximate surface area is 223 Å². The second-order valence-corrected chi connectivity index (χ2v) is 9.62. The predicted molar refractivity (Wildman–Crippen MR) is 153 cm³/mol. The Hall–Kier alpha value is -3.21. The smallest absolute Gasteiger partial charge is 0.222 e. The first-order valence-electron chi connectivity index (χ1n) is 11.9. The molecule has 0 amide bonds. The number of nitrogen functional groups attached to an aromatic ring is 1. The Balaban J connectivity index is 1.30. The third-order valence-corrected chi connectivity index (χ3v) is 6.74. The maximum absolute atomic E-state index is 6.04. The van der Waals surface area contributed by atoms with Crippen molar-refractivity contribution in [3.05, 3.63) is 93.7 Å². The van der Waals surface area contributed by atoms with Gasteiger partial charge in [-0.15, -0.1) is 0 Å². The highest BCUT2D eigenvalue weighted by atomic mass is 127. The summed E-state index contributed by atoms with van der Waals surface area (Å²) < 4.78 is 15.1. The van der Waals surface area contributed by atoms with Crippen molar-refractivity contribution < 1.29 is 9.47 Å². The molecule has 2 aromatic heterocycles. The number of halogens is 1. The summed E-state index contributed by atoms with van der Waals surface area (Å²) in [6, 6.07) is 24.6. The van der Waals surface area contributed by atoms with Crippen LogP contribution in [0.3, 0.4) is 0 Å². The molecule has 3 aromatic carbocycles. The summed E-state index contributed by atoms with van der Waals surface area (Å²) in [6.07, 6.45) is 2.10. The minimum absolute atomic E-state index is 0.249. The molecule has 0 radical (unpaired) electrons. The number of nitrogens with one attached hydrogen (secondary N) is 1. The second kappa shape index (κ2) is 11.7. The largest absolute Gasteiger partial charge is 0.375 e. The molecule has 0 fully saturated rings. The van der Waals surface area contributed by atoms with Crippen molar-refractivity contribution in [2.24, 2.45) is 0 Å². The molecule has 0 atom stereocenters. The molecule has 5 aromatic rings. The molecule has 2 heterocycles. The summed E-state index contributed by atoms with van der Waals surface area (Å²) in [5.74, 6) is 0.972. The van der Waals surface area contributed by atoms with Gasteiger partial charge in [0.2, 0.25) is 5.95 Å². The highest BCUT2D eigenvalue weighted by Gasteiger charge is 2.15. The van der Waals surface area contributed by atoms with Gasteiger partial charge in [0.15, 0.2) is 0 Å². The van der Waals surface area contributed by atoms with Gasteiger partial charge in [0.25, 0.3) is 0 Å². The first-order chi connectivity index (χ1) is 17.7. The number of anilines is 2. The van der Waals surface area contributed by atoms with Crippen LogP contribution in [0, 0.1) is 3.57 Å². The minimum atomic E-state index is 0.249. The van der Waals surface area contributed by atoms with Crippen LogP contribution in [0.15, 0.2) is 79.0 Å². The summed E-state index contributed by atoms with van der Waals surface area (Å²) >= 11 is 2.36. The van der Waals surface area contributed by atoms with Crippen LogP contribution in [-0.2, 0) is 29.2 Å². The molecule has 0 saturated heterocycles. The summed E-state index contributed by atoms with van der Waals surface area (Å²) in [6.45, 7) is 3.71. The van der Waals surface area contributed by atoms with Crippen molar-refractivity contribution >= 4 is 56.2 Å². The van der Waals surface area contributed by atoms with E-state index < -0.39 is 0 Å². The van der Waals surface area contributed by atoms with Crippen LogP contribution >= 0.6 is 22.6 Å². The summed E-state index contributed by atoms with van der Waals surface area (Å²) in [7, 11) is 0. The van der Waals surface area contributed by atoms with Gasteiger partial charge < -0.3 is 25.1 Å². The molecule has 0 aliphatic heterocycles. The molecule has 0 saturated carbocycles. The first-order valence-corrected chi connectivity index (χ1v) is 13.0. The number of hydrogen-bond donors (Lipinski definition) is 2. The van der Waals surface area contributed by atoms with Gasteiger partial charge in [0.05, 0.1) is 42.8 Å². The molecule has 0 spiro atoms. The highest BCUT2D eigenvalue weighted by molar-refractivity contribution is 14.1. The molecular weight excluding hydrogens is 565 g/mol. The minimum Gasteiger partial charge on any atom is -0.375 e. The van der Waals surface area contributed by atoms with Gasteiger partial charge in [-0.1, -0.05) is 60.7 Å². The van der Waals surface area contributed by atoms with Crippen LogP contribution < -0.4 is 11.1 Å². The number of hydrogen-bond acceptors (Lipinski definition) is 6. The Morgan fingerprint density at radius 3 is 2.22 bits per heavy atom. The van der Waals surface area contributed by atoms with Gasteiger partial charge in [-0.05, 0) is 45.9 Å². The average Bonchev–Trinajstić information content (AvgIpc) is 3.32. The number of fused-ring (bicyclic) bond motifs is 3. The highest BCUT2D eigenvalue weighted by Crippen LogP contribution is 2.34. The zero-order chi connectivity index (χ0) is 24.7. The van der Waals surface area contributed by atoms with Gasteiger partial charge in [-0.2, -0.15) is 4.98 Å². The topological polar surface area (TPSA) is 87.2 Å². The van der Waals surface area contributed by atoms with Crippen LogP contribution in [0.5, 0.6) is 0 Å². The molecule has 0 aliphatic rings. The fraction of sp³-hybridized carbons (Fsp3) is 0.214. The van der Waals surface area contributed by atoms with E-state index in [1.807, 2.05) is 36.4 Å². The zero-order valence-corrected chi connectivity index (χ0v) is 22.0. The molecule has 8 heteroatoms. The lowest BCUT2D eigenvalue weighted by atomic mass is 10.1. The van der Waals surface area contributed by atoms with Crippen LogP contribution in [0.2, 0.25) is 0 Å². The molecule has 7 nitrogen and oxygen atoms in total. The Bertz CT molecular complexity index is 1440. The normalized spacial score (nSPS) is 11.4. The van der Waals surface area contributed by atoms with E-state index in [9.17, 15) is 0 Å². The van der Waals surface area contributed by atoms with E-state index in [2.05, 4.69) is 85.0 Å². The van der Waals surface area contributed by atoms with E-state index in [0.29, 0.717) is 33.0 Å². The van der Waals surface area contributed by atoms with Crippen LogP contribution in [0.25, 0.3) is 21.8 Å². The summed E-state index contributed by atoms with van der Waals surface area (Å²) in [5, 5.41) is 5.47. The van der Waals surface area contributed by atoms with Crippen LogP contribution in [0.4, 0.5) is 11.8 Å². The Kier molecular flexibility index (Phi) is 7.95. The van der Waals surface area contributed by atoms with Crippen molar-refractivity contribution in [2.75, 3.05) is 30.8 Å². The Morgan fingerprint density at radius 1 is 0.861 bits per heavy atom. The van der Waals surface area contributed by atoms with Crippen molar-refractivity contribution in [3.8, 4) is 0 Å². The number of nitrogens with zero attached hydrogens (tertiary/aromatic N) is 3. The lowest BCUT2D eigenvalue weighted by Gasteiger charge is -2.13. The molecule has 36 heavy (non-hydrogen) atoms. The maximum atomic E-state index is 6.04. The molecule has 0 unspecified atom stereocenters. The monoisotopic (exact) mass is 593 g/mol. The third-order valence-electron chi connectivity index (χ3n) is 5.92. The van der Waals surface area contributed by atoms with Crippen molar-refractivity contribution in [3.63, 3.8) is 0 Å². The maximum Gasteiger partial charge on any atom is 0.222 e. The molecular formula is C28H28IN5O2. The quantitative estimate of drug-likeness (QED) is 0.153. The first kappa shape index (κ1) is 24.5. The van der Waals surface area contributed by atoms with Gasteiger partial charge in [-0.3, -0.25) is 0 Å². The number of ether oxygens (including phenoxy) is 2. The van der Waals surface area contributed by atoms with Gasteiger partial charge in [0, 0.05) is 28.2 Å². The standard InChI is InChI=1S/C28H28IN5O2/c29-23-17-24-25(22-11-13-34(26(22)23)14-16-36-19-21-9-5-2-6-10-21)27(33-28(30)32-24)31-12-15-35-18-20-7-3-1-4-8-20/h1-11,13,17H,12,14-16,18-19H2,(H3,30,31,32,33). The fourth-order valence-electron chi connectivity index (χ4n) is 4.24. The number of benzene rings is 3. The van der Waals surface area contributed by atoms with E-state index in [0.717, 1.165) is 43.3 Å². The molecule has 0 aliphatic carbocycles. The lowest BCUT2D eigenvalue weighted by molar-refractivity contribution is 0.114. The van der Waals surface area contributed by atoms with E-state index in [-0.39, 0.29) is 5.95 Å². The SMILES string of the molecule is Nc1nc(NCCOCc2ccccc2)c2c(cc(I)c3c2ccn3CCOCc2ccccc2)n1. The summed E-state index contributed by atoms with van der Waals surface area (Å²) in [4.78, 5) is 9.03. The van der Waals surface area contributed by atoms with Crippen molar-refractivity contribution in [2.45, 2.75) is 19.8 Å². The number of nitrogens with two attached hydrogens (primary N) is 1. The predicted octanol–water partition coefficient (Wildman–Crippen LogP) is 5.62. The van der Waals surface area contributed by atoms with Gasteiger partial charge in [0.1, 0.15) is 5.82 Å². The average molecular weight is 593 g/mol. The summed E-state index contributed by atoms with van der Waals surface area (Å²) in [5.41, 5.74) is 10.3. The van der Waals surface area contributed by atoms with Crippen molar-refractivity contribution in [1.82, 2.24) is 14.5 Å². The molecule has 3 N–H and O–H groups in total. The van der Waals surface area contributed by atoms with Crippen molar-refractivity contribution in [1.29, 1.82) is 0 Å². The molecule has 184 valence electrons. The zero-order valence-electron chi connectivity index (χ0n) is 19.9. The van der Waals surface area contributed by atoms with Gasteiger partial charge >= 0.3 is 0 Å². The number of rotatable bonds is 11. The molecule has 0 bridgehead atoms. The fourth-order valence-corrected chi connectivity index (χ4v) is 5.14. The van der Waals surface area contributed by atoms with Crippen LogP contribution in [-0.4, -0.2) is 34.3 Å². The molecule has 5 rings (SSSR count). The van der Waals surface area contributed by atoms with E-state index >= 15 is 0 Å². The van der Waals surface area contributed by atoms with Crippen LogP contribution in [0.1, 0.15) is 11.1 Å². The number of aromatic nitrogens is 3. The van der Waals surface area contributed by atoms with E-state index in [1.165, 1.54) is 5.56 Å². The Morgan fingerprint density at radius 2 is 1.53 bits per heavy atom. The van der Waals surface area contributed by atoms with Gasteiger partial charge in [-0.25, -0.2) is 4.98 Å². The van der Waals surface area contributed by atoms with E-state index in [4.69, 9.17) is 15.2 Å². The second-order valence-electron chi connectivity index (χ2n) is 8.46.